The molecular formula is C25H38N2O2. The first-order chi connectivity index (χ1) is 14.2. The van der Waals surface area contributed by atoms with Crippen LogP contribution in [-0.4, -0.2) is 23.2 Å². The van der Waals surface area contributed by atoms with Crippen molar-refractivity contribution in [3.63, 3.8) is 0 Å². The summed E-state index contributed by atoms with van der Waals surface area (Å²) in [5, 5.41) is 0. The highest BCUT2D eigenvalue weighted by Gasteiger charge is 2.13. The Hall–Kier alpha value is -2.10. The van der Waals surface area contributed by atoms with Crippen molar-refractivity contribution in [2.45, 2.75) is 78.6 Å². The van der Waals surface area contributed by atoms with Gasteiger partial charge >= 0.3 is 6.01 Å². The molecule has 4 heteroatoms. The summed E-state index contributed by atoms with van der Waals surface area (Å²) < 4.78 is 11.9. The molecule has 0 bridgehead atoms. The van der Waals surface area contributed by atoms with E-state index in [1.165, 1.54) is 51.4 Å². The van der Waals surface area contributed by atoms with Crippen LogP contribution in [0.5, 0.6) is 11.8 Å². The van der Waals surface area contributed by atoms with Crippen LogP contribution in [0, 0.1) is 5.92 Å². The minimum absolute atomic E-state index is 0.433. The standard InChI is InChI=1S/C25H38N2O2/c1-4-6-8-11-15-21(3)20-29-25-26-19-23(28-18-14-9-7-5-2)24(27-25)22-16-12-10-13-17-22/h10,12-13,16-17,19,21H,4-9,11,14-15,18,20H2,1-3H3. The van der Waals surface area contributed by atoms with Gasteiger partial charge in [0.15, 0.2) is 5.75 Å². The fraction of sp³-hybridized carbons (Fsp3) is 0.600. The van der Waals surface area contributed by atoms with Crippen molar-refractivity contribution in [2.24, 2.45) is 5.92 Å². The number of hydrogen-bond donors (Lipinski definition) is 0. The van der Waals surface area contributed by atoms with Gasteiger partial charge in [-0.3, -0.25) is 0 Å². The zero-order chi connectivity index (χ0) is 20.7. The van der Waals surface area contributed by atoms with Crippen LogP contribution in [0.3, 0.4) is 0 Å². The van der Waals surface area contributed by atoms with Crippen molar-refractivity contribution >= 4 is 0 Å². The van der Waals surface area contributed by atoms with E-state index in [1.54, 1.807) is 6.20 Å². The molecule has 0 aliphatic heterocycles. The van der Waals surface area contributed by atoms with Crippen molar-refractivity contribution in [3.05, 3.63) is 36.5 Å². The average molecular weight is 399 g/mol. The lowest BCUT2D eigenvalue weighted by Gasteiger charge is -2.14. The van der Waals surface area contributed by atoms with Crippen molar-refractivity contribution in [2.75, 3.05) is 13.2 Å². The van der Waals surface area contributed by atoms with E-state index < -0.39 is 0 Å². The molecule has 1 atom stereocenters. The minimum atomic E-state index is 0.433. The molecule has 0 saturated heterocycles. The molecule has 160 valence electrons. The molecule has 1 aromatic carbocycles. The van der Waals surface area contributed by atoms with Crippen molar-refractivity contribution in [3.8, 4) is 23.0 Å². The number of nitrogens with zero attached hydrogens (tertiary/aromatic N) is 2. The first-order valence-corrected chi connectivity index (χ1v) is 11.4. The van der Waals surface area contributed by atoms with Crippen LogP contribution < -0.4 is 9.47 Å². The van der Waals surface area contributed by atoms with Crippen LogP contribution in [0.1, 0.15) is 78.6 Å². The summed E-state index contributed by atoms with van der Waals surface area (Å²) in [6.07, 6.45) is 12.8. The van der Waals surface area contributed by atoms with Crippen LogP contribution in [0.2, 0.25) is 0 Å². The van der Waals surface area contributed by atoms with E-state index in [4.69, 9.17) is 9.47 Å². The number of aromatic nitrogens is 2. The van der Waals surface area contributed by atoms with Gasteiger partial charge < -0.3 is 9.47 Å². The van der Waals surface area contributed by atoms with Gasteiger partial charge in [-0.25, -0.2) is 0 Å². The Morgan fingerprint density at radius 1 is 0.862 bits per heavy atom. The van der Waals surface area contributed by atoms with E-state index in [-0.39, 0.29) is 0 Å². The highest BCUT2D eigenvalue weighted by atomic mass is 16.5. The SMILES string of the molecule is CCCCCCOc1cnc(OCC(C)CCCCCC)nc1-c1ccccc1. The quantitative estimate of drug-likeness (QED) is 0.300. The Bertz CT molecular complexity index is 676. The zero-order valence-electron chi connectivity index (χ0n) is 18.5. The largest absolute Gasteiger partial charge is 0.490 e. The van der Waals surface area contributed by atoms with Crippen molar-refractivity contribution < 1.29 is 9.47 Å². The summed E-state index contributed by atoms with van der Waals surface area (Å²) in [6.45, 7) is 8.04. The molecule has 1 aromatic heterocycles. The Balaban J connectivity index is 1.97. The summed E-state index contributed by atoms with van der Waals surface area (Å²) in [5.41, 5.74) is 1.83. The zero-order valence-corrected chi connectivity index (χ0v) is 18.5. The van der Waals surface area contributed by atoms with E-state index in [9.17, 15) is 0 Å². The van der Waals surface area contributed by atoms with Gasteiger partial charge in [-0.05, 0) is 18.8 Å². The normalized spacial score (nSPS) is 12.0. The molecule has 0 fully saturated rings. The molecule has 1 heterocycles. The van der Waals surface area contributed by atoms with Crippen LogP contribution in [0.4, 0.5) is 0 Å². The Morgan fingerprint density at radius 3 is 2.31 bits per heavy atom. The molecule has 0 saturated carbocycles. The van der Waals surface area contributed by atoms with Crippen molar-refractivity contribution in [1.82, 2.24) is 9.97 Å². The number of ether oxygens (including phenoxy) is 2. The van der Waals surface area contributed by atoms with Gasteiger partial charge in [0.2, 0.25) is 0 Å². The maximum atomic E-state index is 6.01. The van der Waals surface area contributed by atoms with Gasteiger partial charge in [0.1, 0.15) is 5.69 Å². The molecule has 2 aromatic rings. The lowest BCUT2D eigenvalue weighted by Crippen LogP contribution is -2.11. The van der Waals surface area contributed by atoms with Gasteiger partial charge in [-0.1, -0.05) is 96.0 Å². The molecule has 0 aliphatic carbocycles. The van der Waals surface area contributed by atoms with Crippen LogP contribution >= 0.6 is 0 Å². The summed E-state index contributed by atoms with van der Waals surface area (Å²) in [6, 6.07) is 10.6. The van der Waals surface area contributed by atoms with E-state index >= 15 is 0 Å². The summed E-state index contributed by atoms with van der Waals surface area (Å²) in [7, 11) is 0. The lowest BCUT2D eigenvalue weighted by molar-refractivity contribution is 0.230. The van der Waals surface area contributed by atoms with Gasteiger partial charge in [-0.2, -0.15) is 9.97 Å². The van der Waals surface area contributed by atoms with E-state index in [0.29, 0.717) is 25.1 Å². The summed E-state index contributed by atoms with van der Waals surface area (Å²) >= 11 is 0. The maximum absolute atomic E-state index is 6.01. The second-order valence-electron chi connectivity index (χ2n) is 7.91. The van der Waals surface area contributed by atoms with Crippen LogP contribution in [0.15, 0.2) is 36.5 Å². The molecule has 0 radical (unpaired) electrons. The number of rotatable bonds is 15. The minimum Gasteiger partial charge on any atom is -0.490 e. The third-order valence-electron chi connectivity index (χ3n) is 5.08. The molecule has 0 N–H and O–H groups in total. The van der Waals surface area contributed by atoms with E-state index in [2.05, 4.69) is 30.7 Å². The highest BCUT2D eigenvalue weighted by molar-refractivity contribution is 5.65. The van der Waals surface area contributed by atoms with Crippen LogP contribution in [-0.2, 0) is 0 Å². The number of benzene rings is 1. The topological polar surface area (TPSA) is 44.2 Å². The Morgan fingerprint density at radius 2 is 1.59 bits per heavy atom. The molecule has 0 amide bonds. The summed E-state index contributed by atoms with van der Waals surface area (Å²) in [4.78, 5) is 9.08. The third-order valence-corrected chi connectivity index (χ3v) is 5.08. The predicted octanol–water partition coefficient (Wildman–Crippen LogP) is 7.09. The van der Waals surface area contributed by atoms with E-state index in [1.807, 2.05) is 30.3 Å². The molecule has 0 spiro atoms. The predicted molar refractivity (Wildman–Crippen MR) is 121 cm³/mol. The molecule has 2 rings (SSSR count). The average Bonchev–Trinajstić information content (AvgIpc) is 2.76. The van der Waals surface area contributed by atoms with Gasteiger partial charge in [-0.15, -0.1) is 0 Å². The van der Waals surface area contributed by atoms with Gasteiger partial charge in [0, 0.05) is 5.56 Å². The fourth-order valence-corrected chi connectivity index (χ4v) is 3.26. The molecule has 0 aliphatic rings. The smallest absolute Gasteiger partial charge is 0.317 e. The number of unbranched alkanes of at least 4 members (excludes halogenated alkanes) is 6. The fourth-order valence-electron chi connectivity index (χ4n) is 3.26. The third kappa shape index (κ3) is 8.84. The maximum Gasteiger partial charge on any atom is 0.317 e. The molecule has 29 heavy (non-hydrogen) atoms. The van der Waals surface area contributed by atoms with Gasteiger partial charge in [0.05, 0.1) is 19.4 Å². The first kappa shape index (κ1) is 23.2. The molecule has 4 nitrogen and oxygen atoms in total. The monoisotopic (exact) mass is 398 g/mol. The molecular weight excluding hydrogens is 360 g/mol. The molecule has 1 unspecified atom stereocenters. The Kier molecular flexibility index (Phi) is 11.2. The highest BCUT2D eigenvalue weighted by Crippen LogP contribution is 2.29. The lowest BCUT2D eigenvalue weighted by atomic mass is 10.0. The van der Waals surface area contributed by atoms with E-state index in [0.717, 1.165) is 23.4 Å². The summed E-state index contributed by atoms with van der Waals surface area (Å²) in [5.74, 6) is 1.23. The first-order valence-electron chi connectivity index (χ1n) is 11.4. The number of hydrogen-bond acceptors (Lipinski definition) is 4. The van der Waals surface area contributed by atoms with Crippen LogP contribution in [0.25, 0.3) is 11.3 Å². The van der Waals surface area contributed by atoms with Crippen molar-refractivity contribution in [1.29, 1.82) is 0 Å². The van der Waals surface area contributed by atoms with Gasteiger partial charge in [0.25, 0.3) is 0 Å². The second-order valence-corrected chi connectivity index (χ2v) is 7.91. The second kappa shape index (κ2) is 14.0. The Labute approximate surface area is 177 Å².